The molecule has 0 aliphatic rings. The number of aryl methyl sites for hydroxylation is 1. The monoisotopic (exact) mass is 318 g/mol. The summed E-state index contributed by atoms with van der Waals surface area (Å²) in [5, 5.41) is 3.17. The fourth-order valence-corrected chi connectivity index (χ4v) is 2.68. The lowest BCUT2D eigenvalue weighted by molar-refractivity contribution is -0.121. The van der Waals surface area contributed by atoms with Crippen molar-refractivity contribution >= 4 is 27.5 Å². The van der Waals surface area contributed by atoms with Gasteiger partial charge in [0.05, 0.1) is 11.4 Å². The summed E-state index contributed by atoms with van der Waals surface area (Å²) in [6.07, 6.45) is 0. The lowest BCUT2D eigenvalue weighted by atomic mass is 10.1. The summed E-state index contributed by atoms with van der Waals surface area (Å²) in [5.74, 6) is -0.383. The molecule has 0 atom stereocenters. The van der Waals surface area contributed by atoms with E-state index in [4.69, 9.17) is 11.6 Å². The van der Waals surface area contributed by atoms with Crippen LogP contribution >= 0.6 is 11.6 Å². The zero-order chi connectivity index (χ0) is 15.6. The lowest BCUT2D eigenvalue weighted by Crippen LogP contribution is -2.45. The molecule has 20 heavy (non-hydrogen) atoms. The molecule has 0 saturated heterocycles. The summed E-state index contributed by atoms with van der Waals surface area (Å²) in [7, 11) is -3.72. The van der Waals surface area contributed by atoms with Crippen LogP contribution in [0.1, 0.15) is 26.3 Å². The van der Waals surface area contributed by atoms with Gasteiger partial charge in [0.25, 0.3) is 0 Å². The van der Waals surface area contributed by atoms with Crippen molar-refractivity contribution in [2.75, 3.05) is 6.54 Å². The van der Waals surface area contributed by atoms with Gasteiger partial charge in [0, 0.05) is 10.6 Å². The van der Waals surface area contributed by atoms with E-state index >= 15 is 0 Å². The van der Waals surface area contributed by atoms with Crippen LogP contribution in [0.5, 0.6) is 0 Å². The second-order valence-electron chi connectivity index (χ2n) is 5.53. The van der Waals surface area contributed by atoms with Gasteiger partial charge in [-0.3, -0.25) is 4.79 Å². The summed E-state index contributed by atoms with van der Waals surface area (Å²) < 4.78 is 26.3. The maximum absolute atomic E-state index is 12.0. The molecule has 2 N–H and O–H groups in total. The van der Waals surface area contributed by atoms with E-state index < -0.39 is 15.6 Å². The van der Waals surface area contributed by atoms with Crippen molar-refractivity contribution < 1.29 is 13.2 Å². The molecule has 7 heteroatoms. The first-order valence-electron chi connectivity index (χ1n) is 6.08. The Morgan fingerprint density at radius 2 is 1.90 bits per heavy atom. The predicted molar refractivity (Wildman–Crippen MR) is 79.3 cm³/mol. The summed E-state index contributed by atoms with van der Waals surface area (Å²) in [5.41, 5.74) is 0.257. The Morgan fingerprint density at radius 3 is 2.40 bits per heavy atom. The van der Waals surface area contributed by atoms with Gasteiger partial charge in [0.2, 0.25) is 15.9 Å². The molecule has 0 fully saturated rings. The maximum Gasteiger partial charge on any atom is 0.241 e. The Bertz CT molecular complexity index is 607. The molecule has 0 aromatic heterocycles. The van der Waals surface area contributed by atoms with Gasteiger partial charge in [0.15, 0.2) is 0 Å². The third kappa shape index (κ3) is 5.11. The molecule has 0 spiro atoms. The number of sulfonamides is 1. The minimum absolute atomic E-state index is 0.0861. The smallest absolute Gasteiger partial charge is 0.241 e. The molecule has 0 radical (unpaired) electrons. The Morgan fingerprint density at radius 1 is 1.30 bits per heavy atom. The van der Waals surface area contributed by atoms with Gasteiger partial charge in [-0.05, 0) is 51.5 Å². The number of nitrogens with one attached hydrogen (secondary N) is 2. The van der Waals surface area contributed by atoms with Crippen LogP contribution in [0.25, 0.3) is 0 Å². The Balaban J connectivity index is 2.76. The van der Waals surface area contributed by atoms with Crippen LogP contribution in [0.15, 0.2) is 23.1 Å². The van der Waals surface area contributed by atoms with Crippen molar-refractivity contribution in [2.24, 2.45) is 0 Å². The first-order chi connectivity index (χ1) is 9.01. The van der Waals surface area contributed by atoms with Gasteiger partial charge in [-0.25, -0.2) is 13.1 Å². The Labute approximate surface area is 124 Å². The minimum Gasteiger partial charge on any atom is -0.350 e. The van der Waals surface area contributed by atoms with Crippen molar-refractivity contribution in [3.63, 3.8) is 0 Å². The third-order valence-corrected chi connectivity index (χ3v) is 4.20. The highest BCUT2D eigenvalue weighted by atomic mass is 35.5. The van der Waals surface area contributed by atoms with Gasteiger partial charge in [-0.2, -0.15) is 0 Å². The van der Waals surface area contributed by atoms with E-state index in [-0.39, 0.29) is 17.3 Å². The van der Waals surface area contributed by atoms with Crippen LogP contribution in [0, 0.1) is 6.92 Å². The molecule has 1 aromatic rings. The molecule has 0 aliphatic carbocycles. The van der Waals surface area contributed by atoms with E-state index in [1.54, 1.807) is 6.92 Å². The van der Waals surface area contributed by atoms with E-state index in [9.17, 15) is 13.2 Å². The van der Waals surface area contributed by atoms with E-state index in [0.29, 0.717) is 10.6 Å². The van der Waals surface area contributed by atoms with E-state index in [2.05, 4.69) is 10.0 Å². The molecule has 0 unspecified atom stereocenters. The van der Waals surface area contributed by atoms with E-state index in [0.717, 1.165) is 0 Å². The Kier molecular flexibility index (Phi) is 5.18. The number of hydrogen-bond donors (Lipinski definition) is 2. The van der Waals surface area contributed by atoms with Crippen molar-refractivity contribution in [1.29, 1.82) is 0 Å². The summed E-state index contributed by atoms with van der Waals surface area (Å²) in [6, 6.07) is 4.38. The first-order valence-corrected chi connectivity index (χ1v) is 7.94. The van der Waals surface area contributed by atoms with Gasteiger partial charge in [-0.15, -0.1) is 0 Å². The number of halogens is 1. The number of rotatable bonds is 4. The molecule has 1 amide bonds. The average molecular weight is 319 g/mol. The molecule has 112 valence electrons. The van der Waals surface area contributed by atoms with Crippen molar-refractivity contribution in [2.45, 2.75) is 38.1 Å². The number of hydrogen-bond acceptors (Lipinski definition) is 3. The molecule has 1 rings (SSSR count). The van der Waals surface area contributed by atoms with Gasteiger partial charge >= 0.3 is 0 Å². The fraction of sp³-hybridized carbons (Fsp3) is 0.462. The number of amides is 1. The van der Waals surface area contributed by atoms with E-state index in [1.807, 2.05) is 20.8 Å². The van der Waals surface area contributed by atoms with Crippen LogP contribution in [-0.2, 0) is 14.8 Å². The molecular formula is C13H19ClN2O3S. The molecular weight excluding hydrogens is 300 g/mol. The van der Waals surface area contributed by atoms with Gasteiger partial charge in [0.1, 0.15) is 0 Å². The van der Waals surface area contributed by atoms with E-state index in [1.165, 1.54) is 18.2 Å². The summed E-state index contributed by atoms with van der Waals surface area (Å²) >= 11 is 5.85. The summed E-state index contributed by atoms with van der Waals surface area (Å²) in [4.78, 5) is 11.7. The minimum atomic E-state index is -3.72. The molecule has 0 aliphatic heterocycles. The van der Waals surface area contributed by atoms with Crippen LogP contribution < -0.4 is 10.0 Å². The molecule has 0 heterocycles. The van der Waals surface area contributed by atoms with Crippen LogP contribution in [0.3, 0.4) is 0 Å². The van der Waals surface area contributed by atoms with Gasteiger partial charge in [-0.1, -0.05) is 11.6 Å². The summed E-state index contributed by atoms with van der Waals surface area (Å²) in [6.45, 7) is 6.88. The zero-order valence-electron chi connectivity index (χ0n) is 12.0. The van der Waals surface area contributed by atoms with Crippen molar-refractivity contribution in [1.82, 2.24) is 10.0 Å². The lowest BCUT2D eigenvalue weighted by Gasteiger charge is -2.20. The maximum atomic E-state index is 12.0. The first kappa shape index (κ1) is 16.9. The number of carbonyl (C=O) groups excluding carboxylic acids is 1. The highest BCUT2D eigenvalue weighted by Gasteiger charge is 2.18. The highest BCUT2D eigenvalue weighted by Crippen LogP contribution is 2.19. The zero-order valence-corrected chi connectivity index (χ0v) is 13.5. The highest BCUT2D eigenvalue weighted by molar-refractivity contribution is 7.89. The third-order valence-electron chi connectivity index (χ3n) is 2.38. The fourth-order valence-electron chi connectivity index (χ4n) is 1.49. The second-order valence-corrected chi connectivity index (χ2v) is 7.71. The SMILES string of the molecule is Cc1cc(S(=O)(=O)NCC(=O)NC(C)(C)C)ccc1Cl. The van der Waals surface area contributed by atoms with Crippen LogP contribution in [-0.4, -0.2) is 26.4 Å². The molecule has 0 bridgehead atoms. The van der Waals surface area contributed by atoms with Crippen LogP contribution in [0.2, 0.25) is 5.02 Å². The predicted octanol–water partition coefficient (Wildman–Crippen LogP) is 1.84. The van der Waals surface area contributed by atoms with Gasteiger partial charge < -0.3 is 5.32 Å². The number of benzene rings is 1. The van der Waals surface area contributed by atoms with Crippen molar-refractivity contribution in [3.8, 4) is 0 Å². The second kappa shape index (κ2) is 6.11. The molecule has 0 saturated carbocycles. The number of carbonyl (C=O) groups is 1. The average Bonchev–Trinajstić information content (AvgIpc) is 2.28. The Hall–Kier alpha value is -1.11. The largest absolute Gasteiger partial charge is 0.350 e. The topological polar surface area (TPSA) is 75.3 Å². The quantitative estimate of drug-likeness (QED) is 0.889. The van der Waals surface area contributed by atoms with Crippen LogP contribution in [0.4, 0.5) is 0 Å². The molecule has 1 aromatic carbocycles. The van der Waals surface area contributed by atoms with Crippen molar-refractivity contribution in [3.05, 3.63) is 28.8 Å². The standard InChI is InChI=1S/C13H19ClN2O3S/c1-9-7-10(5-6-11(9)14)20(18,19)15-8-12(17)16-13(2,3)4/h5-7,15H,8H2,1-4H3,(H,16,17). The molecule has 5 nitrogen and oxygen atoms in total. The normalized spacial score (nSPS) is 12.2.